The monoisotopic (exact) mass is 346 g/mol. The maximum atomic E-state index is 13.4. The van der Waals surface area contributed by atoms with Gasteiger partial charge >= 0.3 is 0 Å². The van der Waals surface area contributed by atoms with Crippen LogP contribution in [-0.2, 0) is 14.9 Å². The van der Waals surface area contributed by atoms with Crippen LogP contribution in [-0.4, -0.2) is 62.5 Å². The van der Waals surface area contributed by atoms with Crippen LogP contribution >= 0.6 is 0 Å². The van der Waals surface area contributed by atoms with Gasteiger partial charge in [-0.15, -0.1) is 0 Å². The lowest BCUT2D eigenvalue weighted by Crippen LogP contribution is -2.52. The lowest BCUT2D eigenvalue weighted by Gasteiger charge is -2.36. The Morgan fingerprint density at radius 2 is 1.91 bits per heavy atom. The highest BCUT2D eigenvalue weighted by atomic mass is 32.2. The van der Waals surface area contributed by atoms with Crippen molar-refractivity contribution in [3.8, 4) is 5.75 Å². The van der Waals surface area contributed by atoms with E-state index in [1.165, 1.54) is 27.8 Å². The van der Waals surface area contributed by atoms with E-state index in [0.29, 0.717) is 13.1 Å². The fourth-order valence-corrected chi connectivity index (χ4v) is 3.97. The van der Waals surface area contributed by atoms with Gasteiger partial charge in [-0.2, -0.15) is 17.0 Å². The summed E-state index contributed by atoms with van der Waals surface area (Å²) >= 11 is 0. The second kappa shape index (κ2) is 7.57. The Bertz CT molecular complexity index is 616. The number of morpholine rings is 1. The van der Waals surface area contributed by atoms with E-state index in [-0.39, 0.29) is 31.1 Å². The minimum absolute atomic E-state index is 0.0755. The van der Waals surface area contributed by atoms with Gasteiger partial charge < -0.3 is 9.47 Å². The van der Waals surface area contributed by atoms with Crippen molar-refractivity contribution in [3.05, 3.63) is 30.1 Å². The van der Waals surface area contributed by atoms with Gasteiger partial charge in [-0.3, -0.25) is 0 Å². The lowest BCUT2D eigenvalue weighted by atomic mass is 10.3. The number of rotatable bonds is 6. The van der Waals surface area contributed by atoms with Crippen LogP contribution in [0.5, 0.6) is 5.75 Å². The van der Waals surface area contributed by atoms with Crippen LogP contribution in [0.2, 0.25) is 0 Å². The molecule has 2 atom stereocenters. The van der Waals surface area contributed by atoms with Crippen molar-refractivity contribution in [2.24, 2.45) is 0 Å². The summed E-state index contributed by atoms with van der Waals surface area (Å²) in [4.78, 5) is 0. The van der Waals surface area contributed by atoms with Gasteiger partial charge in [0.05, 0.1) is 12.2 Å². The number of para-hydroxylation sites is 1. The number of likely N-dealkylation sites (N-methyl/N-ethyl adjacent to an activating group) is 1. The highest BCUT2D eigenvalue weighted by molar-refractivity contribution is 7.86. The van der Waals surface area contributed by atoms with Crippen molar-refractivity contribution in [3.63, 3.8) is 0 Å². The number of ether oxygens (including phenoxy) is 2. The fourth-order valence-electron chi connectivity index (χ4n) is 2.48. The summed E-state index contributed by atoms with van der Waals surface area (Å²) in [7, 11) is -2.09. The molecule has 8 heteroatoms. The van der Waals surface area contributed by atoms with Crippen LogP contribution < -0.4 is 4.74 Å². The Morgan fingerprint density at radius 1 is 1.30 bits per heavy atom. The molecule has 1 fully saturated rings. The average Bonchev–Trinajstić information content (AvgIpc) is 2.48. The Hall–Kier alpha value is -1.22. The first-order chi connectivity index (χ1) is 10.8. The zero-order valence-corrected chi connectivity index (χ0v) is 14.4. The van der Waals surface area contributed by atoms with Gasteiger partial charge in [0.2, 0.25) is 0 Å². The van der Waals surface area contributed by atoms with Crippen molar-refractivity contribution in [2.45, 2.75) is 26.1 Å². The molecule has 0 amide bonds. The molecule has 6 nitrogen and oxygen atoms in total. The second-order valence-corrected chi connectivity index (χ2v) is 7.72. The summed E-state index contributed by atoms with van der Waals surface area (Å²) in [5.41, 5.74) is 0. The van der Waals surface area contributed by atoms with E-state index in [1.54, 1.807) is 12.1 Å². The van der Waals surface area contributed by atoms with E-state index < -0.39 is 16.0 Å². The molecule has 1 aromatic rings. The summed E-state index contributed by atoms with van der Waals surface area (Å²) in [6.07, 6.45) is -0.284. The third-order valence-corrected chi connectivity index (χ3v) is 5.53. The lowest BCUT2D eigenvalue weighted by molar-refractivity contribution is -0.0453. The third kappa shape index (κ3) is 4.63. The van der Waals surface area contributed by atoms with E-state index in [2.05, 4.69) is 0 Å². The molecular weight excluding hydrogens is 323 g/mol. The van der Waals surface area contributed by atoms with Crippen molar-refractivity contribution in [1.82, 2.24) is 8.61 Å². The molecule has 0 unspecified atom stereocenters. The van der Waals surface area contributed by atoms with Crippen LogP contribution in [0.1, 0.15) is 13.8 Å². The first-order valence-corrected chi connectivity index (χ1v) is 8.94. The zero-order chi connectivity index (χ0) is 17.0. The van der Waals surface area contributed by atoms with Gasteiger partial charge in [0.1, 0.15) is 6.61 Å². The van der Waals surface area contributed by atoms with Crippen LogP contribution in [0.15, 0.2) is 24.3 Å². The van der Waals surface area contributed by atoms with E-state index in [4.69, 9.17) is 9.47 Å². The fraction of sp³-hybridized carbons (Fsp3) is 0.600. The molecule has 1 aromatic carbocycles. The van der Waals surface area contributed by atoms with Gasteiger partial charge in [0, 0.05) is 26.7 Å². The minimum Gasteiger partial charge on any atom is -0.489 e. The molecule has 0 spiro atoms. The van der Waals surface area contributed by atoms with Crippen LogP contribution in [0.4, 0.5) is 4.39 Å². The van der Waals surface area contributed by atoms with Crippen molar-refractivity contribution in [2.75, 3.05) is 33.3 Å². The first kappa shape index (κ1) is 18.1. The van der Waals surface area contributed by atoms with Gasteiger partial charge in [0.15, 0.2) is 11.6 Å². The minimum atomic E-state index is -3.58. The summed E-state index contributed by atoms with van der Waals surface area (Å²) < 4.78 is 52.0. The summed E-state index contributed by atoms with van der Waals surface area (Å²) in [6.45, 7) is 4.55. The smallest absolute Gasteiger partial charge is 0.282 e. The largest absolute Gasteiger partial charge is 0.489 e. The molecule has 2 rings (SSSR count). The second-order valence-electron chi connectivity index (χ2n) is 5.68. The molecule has 0 radical (unpaired) electrons. The predicted octanol–water partition coefficient (Wildman–Crippen LogP) is 1.49. The van der Waals surface area contributed by atoms with E-state index in [9.17, 15) is 12.8 Å². The van der Waals surface area contributed by atoms with Gasteiger partial charge in [-0.05, 0) is 26.0 Å². The molecule has 1 aliphatic heterocycles. The highest BCUT2D eigenvalue weighted by Crippen LogP contribution is 2.18. The maximum absolute atomic E-state index is 13.4. The SMILES string of the molecule is C[C@@H]1CN(S(=O)(=O)N(C)CCOc2ccccc2F)C[C@@H](C)O1. The van der Waals surface area contributed by atoms with E-state index in [0.717, 1.165) is 0 Å². The molecule has 1 heterocycles. The van der Waals surface area contributed by atoms with E-state index in [1.807, 2.05) is 13.8 Å². The molecule has 1 aliphatic rings. The Balaban J connectivity index is 1.91. The molecule has 0 saturated carbocycles. The normalized spacial score (nSPS) is 23.2. The molecule has 0 aromatic heterocycles. The van der Waals surface area contributed by atoms with Gasteiger partial charge in [-0.1, -0.05) is 12.1 Å². The number of hydrogen-bond donors (Lipinski definition) is 0. The average molecular weight is 346 g/mol. The topological polar surface area (TPSA) is 59.1 Å². The Labute approximate surface area is 137 Å². The van der Waals surface area contributed by atoms with Crippen molar-refractivity contribution in [1.29, 1.82) is 0 Å². The van der Waals surface area contributed by atoms with Crippen LogP contribution in [0.3, 0.4) is 0 Å². The summed E-state index contributed by atoms with van der Waals surface area (Å²) in [6, 6.07) is 6.04. The van der Waals surface area contributed by atoms with Gasteiger partial charge in [0.25, 0.3) is 10.2 Å². The molecule has 0 aliphatic carbocycles. The molecule has 130 valence electrons. The molecule has 0 bridgehead atoms. The standard InChI is InChI=1S/C15H23FN2O4S/c1-12-10-18(11-13(2)22-12)23(19,20)17(3)8-9-21-15-7-5-4-6-14(15)16/h4-7,12-13H,8-11H2,1-3H3/t12-,13-/m1/s1. The Kier molecular flexibility index (Phi) is 5.96. The number of halogens is 1. The highest BCUT2D eigenvalue weighted by Gasteiger charge is 2.33. The number of nitrogens with zero attached hydrogens (tertiary/aromatic N) is 2. The Morgan fingerprint density at radius 3 is 2.52 bits per heavy atom. The molecule has 0 N–H and O–H groups in total. The van der Waals surface area contributed by atoms with Crippen molar-refractivity contribution >= 4 is 10.2 Å². The predicted molar refractivity (Wildman–Crippen MR) is 85.0 cm³/mol. The summed E-state index contributed by atoms with van der Waals surface area (Å²) in [5, 5.41) is 0. The van der Waals surface area contributed by atoms with Crippen LogP contribution in [0.25, 0.3) is 0 Å². The molecule has 1 saturated heterocycles. The quantitative estimate of drug-likeness (QED) is 0.783. The molecular formula is C15H23FN2O4S. The van der Waals surface area contributed by atoms with Crippen molar-refractivity contribution < 1.29 is 22.3 Å². The maximum Gasteiger partial charge on any atom is 0.282 e. The van der Waals surface area contributed by atoms with E-state index >= 15 is 0 Å². The zero-order valence-electron chi connectivity index (χ0n) is 13.6. The molecule has 23 heavy (non-hydrogen) atoms. The third-order valence-electron chi connectivity index (χ3n) is 3.61. The number of hydrogen-bond acceptors (Lipinski definition) is 4. The van der Waals surface area contributed by atoms with Crippen LogP contribution in [0, 0.1) is 5.82 Å². The number of benzene rings is 1. The first-order valence-electron chi connectivity index (χ1n) is 7.55. The van der Waals surface area contributed by atoms with Gasteiger partial charge in [-0.25, -0.2) is 4.39 Å². The summed E-state index contributed by atoms with van der Waals surface area (Å²) in [5.74, 6) is -0.347.